The van der Waals surface area contributed by atoms with E-state index in [4.69, 9.17) is 0 Å². The van der Waals surface area contributed by atoms with E-state index in [0.717, 1.165) is 11.4 Å². The quantitative estimate of drug-likeness (QED) is 0.175. The standard InChI is InChI=1S/C49H34N2/c1-33-21-25-47-44(27-33)45-32-40(50-46-20-12-11-19-42(46)43-24-22-37(31-49(43)50)34-13-5-2-6-14-34)23-26-48(45)51(47)41-29-38(35-15-7-3-8-16-35)28-39(30-41)36-17-9-4-10-18-36/h2-32H,1H3. The summed E-state index contributed by atoms with van der Waals surface area (Å²) in [4.78, 5) is 0. The molecule has 0 aliphatic rings. The van der Waals surface area contributed by atoms with Crippen molar-refractivity contribution in [3.8, 4) is 44.8 Å². The van der Waals surface area contributed by atoms with Crippen molar-refractivity contribution in [2.24, 2.45) is 0 Å². The van der Waals surface area contributed by atoms with Crippen molar-refractivity contribution in [2.75, 3.05) is 0 Å². The molecule has 2 heteroatoms. The molecule has 10 aromatic rings. The van der Waals surface area contributed by atoms with Gasteiger partial charge in [-0.2, -0.15) is 0 Å². The third kappa shape index (κ3) is 4.87. The number of aromatic nitrogens is 2. The second kappa shape index (κ2) is 11.8. The molecule has 0 bridgehead atoms. The van der Waals surface area contributed by atoms with E-state index in [-0.39, 0.29) is 0 Å². The molecule has 51 heavy (non-hydrogen) atoms. The van der Waals surface area contributed by atoms with Gasteiger partial charge >= 0.3 is 0 Å². The fourth-order valence-electron chi connectivity index (χ4n) is 7.94. The number of nitrogens with zero attached hydrogens (tertiary/aromatic N) is 2. The van der Waals surface area contributed by atoms with Gasteiger partial charge in [0.2, 0.25) is 0 Å². The Hall–Kier alpha value is -6.64. The molecule has 2 aromatic heterocycles. The minimum Gasteiger partial charge on any atom is -0.309 e. The van der Waals surface area contributed by atoms with Gasteiger partial charge in [0.25, 0.3) is 0 Å². The summed E-state index contributed by atoms with van der Waals surface area (Å²) in [6, 6.07) is 68.6. The van der Waals surface area contributed by atoms with Crippen LogP contribution in [0.25, 0.3) is 88.4 Å². The monoisotopic (exact) mass is 650 g/mol. The van der Waals surface area contributed by atoms with Gasteiger partial charge in [-0.1, -0.05) is 133 Å². The molecule has 2 heterocycles. The van der Waals surface area contributed by atoms with E-state index in [1.54, 1.807) is 0 Å². The molecule has 0 aliphatic heterocycles. The molecule has 240 valence electrons. The van der Waals surface area contributed by atoms with Crippen LogP contribution < -0.4 is 0 Å². The second-order valence-corrected chi connectivity index (χ2v) is 13.5. The Balaban J connectivity index is 1.24. The Bertz CT molecular complexity index is 2840. The summed E-state index contributed by atoms with van der Waals surface area (Å²) in [6.45, 7) is 2.19. The maximum atomic E-state index is 2.45. The van der Waals surface area contributed by atoms with E-state index in [2.05, 4.69) is 204 Å². The smallest absolute Gasteiger partial charge is 0.0547 e. The van der Waals surface area contributed by atoms with Crippen molar-refractivity contribution in [1.82, 2.24) is 9.13 Å². The summed E-state index contributed by atoms with van der Waals surface area (Å²) < 4.78 is 4.89. The van der Waals surface area contributed by atoms with Crippen LogP contribution in [0.4, 0.5) is 0 Å². The predicted octanol–water partition coefficient (Wildman–Crippen LogP) is 13.2. The number of fused-ring (bicyclic) bond motifs is 6. The third-order valence-electron chi connectivity index (χ3n) is 10.3. The number of rotatable bonds is 5. The number of aryl methyl sites for hydroxylation is 1. The summed E-state index contributed by atoms with van der Waals surface area (Å²) >= 11 is 0. The van der Waals surface area contributed by atoms with Crippen LogP contribution in [0.15, 0.2) is 188 Å². The van der Waals surface area contributed by atoms with Crippen molar-refractivity contribution in [3.05, 3.63) is 194 Å². The first-order valence-corrected chi connectivity index (χ1v) is 17.6. The van der Waals surface area contributed by atoms with Crippen LogP contribution in [0.1, 0.15) is 5.56 Å². The van der Waals surface area contributed by atoms with Gasteiger partial charge in [-0.15, -0.1) is 0 Å². The van der Waals surface area contributed by atoms with Gasteiger partial charge in [-0.25, -0.2) is 0 Å². The van der Waals surface area contributed by atoms with Gasteiger partial charge in [0.1, 0.15) is 0 Å². The maximum absolute atomic E-state index is 2.45. The summed E-state index contributed by atoms with van der Waals surface area (Å²) in [5.41, 5.74) is 15.6. The van der Waals surface area contributed by atoms with E-state index < -0.39 is 0 Å². The Morgan fingerprint density at radius 2 is 0.784 bits per heavy atom. The molecule has 0 N–H and O–H groups in total. The Morgan fingerprint density at radius 1 is 0.275 bits per heavy atom. The summed E-state index contributed by atoms with van der Waals surface area (Å²) in [5.74, 6) is 0. The highest BCUT2D eigenvalue weighted by Crippen LogP contribution is 2.40. The van der Waals surface area contributed by atoms with Crippen LogP contribution in [0.3, 0.4) is 0 Å². The lowest BCUT2D eigenvalue weighted by Crippen LogP contribution is -1.97. The van der Waals surface area contributed by atoms with Gasteiger partial charge in [-0.05, 0) is 101 Å². The summed E-state index contributed by atoms with van der Waals surface area (Å²) in [7, 11) is 0. The van der Waals surface area contributed by atoms with Crippen LogP contribution in [-0.4, -0.2) is 9.13 Å². The Kier molecular flexibility index (Phi) is 6.75. The highest BCUT2D eigenvalue weighted by Gasteiger charge is 2.18. The molecule has 0 aliphatic carbocycles. The highest BCUT2D eigenvalue weighted by atomic mass is 15.0. The molecule has 8 aromatic carbocycles. The van der Waals surface area contributed by atoms with Gasteiger partial charge in [0, 0.05) is 32.9 Å². The number of hydrogen-bond acceptors (Lipinski definition) is 0. The number of benzene rings is 8. The van der Waals surface area contributed by atoms with E-state index in [0.29, 0.717) is 0 Å². The lowest BCUT2D eigenvalue weighted by molar-refractivity contribution is 1.17. The van der Waals surface area contributed by atoms with Crippen LogP contribution in [0.2, 0.25) is 0 Å². The van der Waals surface area contributed by atoms with Crippen LogP contribution in [-0.2, 0) is 0 Å². The first-order chi connectivity index (χ1) is 25.2. The molecule has 0 spiro atoms. The van der Waals surface area contributed by atoms with Crippen molar-refractivity contribution < 1.29 is 0 Å². The fourth-order valence-corrected chi connectivity index (χ4v) is 7.94. The predicted molar refractivity (Wildman–Crippen MR) is 216 cm³/mol. The normalized spacial score (nSPS) is 11.6. The zero-order valence-electron chi connectivity index (χ0n) is 28.3. The molecule has 0 saturated heterocycles. The van der Waals surface area contributed by atoms with Crippen molar-refractivity contribution in [2.45, 2.75) is 6.92 Å². The van der Waals surface area contributed by atoms with Crippen molar-refractivity contribution in [3.63, 3.8) is 0 Å². The first kappa shape index (κ1) is 29.3. The van der Waals surface area contributed by atoms with Gasteiger partial charge in [-0.3, -0.25) is 0 Å². The third-order valence-corrected chi connectivity index (χ3v) is 10.3. The molecule has 0 radical (unpaired) electrons. The Morgan fingerprint density at radius 3 is 1.45 bits per heavy atom. The molecule has 0 amide bonds. The topological polar surface area (TPSA) is 9.86 Å². The van der Waals surface area contributed by atoms with E-state index >= 15 is 0 Å². The largest absolute Gasteiger partial charge is 0.309 e. The lowest BCUT2D eigenvalue weighted by atomic mass is 9.98. The fraction of sp³-hybridized carbons (Fsp3) is 0.0204. The molecule has 0 unspecified atom stereocenters. The van der Waals surface area contributed by atoms with Gasteiger partial charge in [0.05, 0.1) is 22.1 Å². The van der Waals surface area contributed by atoms with Crippen molar-refractivity contribution >= 4 is 43.6 Å². The van der Waals surface area contributed by atoms with E-state index in [1.165, 1.54) is 82.6 Å². The second-order valence-electron chi connectivity index (χ2n) is 13.5. The average molecular weight is 651 g/mol. The summed E-state index contributed by atoms with van der Waals surface area (Å²) in [6.07, 6.45) is 0. The van der Waals surface area contributed by atoms with E-state index in [9.17, 15) is 0 Å². The Labute approximate surface area is 297 Å². The molecule has 0 saturated carbocycles. The zero-order valence-corrected chi connectivity index (χ0v) is 28.3. The summed E-state index contributed by atoms with van der Waals surface area (Å²) in [5, 5.41) is 5.01. The highest BCUT2D eigenvalue weighted by molar-refractivity contribution is 6.13. The molecule has 10 rings (SSSR count). The van der Waals surface area contributed by atoms with E-state index in [1.807, 2.05) is 0 Å². The van der Waals surface area contributed by atoms with Crippen LogP contribution in [0, 0.1) is 6.92 Å². The average Bonchev–Trinajstić information content (AvgIpc) is 3.70. The molecular formula is C49H34N2. The minimum atomic E-state index is 1.15. The molecule has 0 atom stereocenters. The lowest BCUT2D eigenvalue weighted by Gasteiger charge is -2.14. The minimum absolute atomic E-state index is 1.15. The SMILES string of the molecule is Cc1ccc2c(c1)c1cc(-n3c4ccccc4c4ccc(-c5ccccc5)cc43)ccc1n2-c1cc(-c2ccccc2)cc(-c2ccccc2)c1. The molecular weight excluding hydrogens is 617 g/mol. The molecule has 0 fully saturated rings. The van der Waals surface area contributed by atoms with Crippen LogP contribution >= 0.6 is 0 Å². The van der Waals surface area contributed by atoms with Crippen molar-refractivity contribution in [1.29, 1.82) is 0 Å². The zero-order chi connectivity index (χ0) is 33.9. The number of para-hydroxylation sites is 1. The molecule has 2 nitrogen and oxygen atoms in total. The van der Waals surface area contributed by atoms with Gasteiger partial charge in [0.15, 0.2) is 0 Å². The number of hydrogen-bond donors (Lipinski definition) is 0. The first-order valence-electron chi connectivity index (χ1n) is 17.6. The van der Waals surface area contributed by atoms with Gasteiger partial charge < -0.3 is 9.13 Å². The maximum Gasteiger partial charge on any atom is 0.0547 e. The van der Waals surface area contributed by atoms with Crippen LogP contribution in [0.5, 0.6) is 0 Å².